The van der Waals surface area contributed by atoms with Crippen LogP contribution in [-0.2, 0) is 5.54 Å². The number of thioether (sulfide) groups is 1. The smallest absolute Gasteiger partial charge is 0.257 e. The van der Waals surface area contributed by atoms with Gasteiger partial charge in [0, 0.05) is 15.7 Å². The van der Waals surface area contributed by atoms with Gasteiger partial charge in [0.2, 0.25) is 0 Å². The normalized spacial score (nSPS) is 16.7. The van der Waals surface area contributed by atoms with Crippen molar-refractivity contribution in [3.05, 3.63) is 30.1 Å². The molecule has 22 heavy (non-hydrogen) atoms. The Kier molecular flexibility index (Phi) is 5.53. The van der Waals surface area contributed by atoms with Gasteiger partial charge < -0.3 is 10.3 Å². The highest BCUT2D eigenvalue weighted by Gasteiger charge is 2.36. The lowest BCUT2D eigenvalue weighted by Gasteiger charge is -2.17. The highest BCUT2D eigenvalue weighted by molar-refractivity contribution is 7.99. The van der Waals surface area contributed by atoms with Gasteiger partial charge >= 0.3 is 0 Å². The van der Waals surface area contributed by atoms with Gasteiger partial charge in [0.15, 0.2) is 5.82 Å². The molecule has 0 unspecified atom stereocenters. The minimum absolute atomic E-state index is 0. The summed E-state index contributed by atoms with van der Waals surface area (Å²) in [6.45, 7) is 4.37. The van der Waals surface area contributed by atoms with E-state index in [2.05, 4.69) is 36.1 Å². The van der Waals surface area contributed by atoms with Crippen molar-refractivity contribution in [3.8, 4) is 11.5 Å². The Balaban J connectivity index is 0.00000176. The molecule has 6 heteroatoms. The van der Waals surface area contributed by atoms with Crippen LogP contribution in [0.1, 0.15) is 45.4 Å². The van der Waals surface area contributed by atoms with Gasteiger partial charge in [-0.25, -0.2) is 0 Å². The number of hydrogen-bond acceptors (Lipinski definition) is 5. The molecule has 0 radical (unpaired) electrons. The number of hydrogen-bond donors (Lipinski definition) is 1. The highest BCUT2D eigenvalue weighted by Crippen LogP contribution is 2.35. The zero-order chi connectivity index (χ0) is 14.9. The van der Waals surface area contributed by atoms with Gasteiger partial charge in [-0.3, -0.25) is 0 Å². The number of benzene rings is 1. The van der Waals surface area contributed by atoms with E-state index >= 15 is 0 Å². The molecule has 1 fully saturated rings. The number of rotatable bonds is 4. The molecule has 0 saturated heterocycles. The zero-order valence-electron chi connectivity index (χ0n) is 12.9. The lowest BCUT2D eigenvalue weighted by Crippen LogP contribution is -2.34. The van der Waals surface area contributed by atoms with Gasteiger partial charge in [-0.05, 0) is 37.1 Å². The second-order valence-corrected chi connectivity index (χ2v) is 7.63. The zero-order valence-corrected chi connectivity index (χ0v) is 14.5. The summed E-state index contributed by atoms with van der Waals surface area (Å²) >= 11 is 1.84. The second kappa shape index (κ2) is 7.02. The fourth-order valence-corrected chi connectivity index (χ4v) is 3.56. The van der Waals surface area contributed by atoms with E-state index in [1.807, 2.05) is 23.9 Å². The molecule has 1 aromatic carbocycles. The van der Waals surface area contributed by atoms with Crippen LogP contribution in [0.25, 0.3) is 11.5 Å². The highest BCUT2D eigenvalue weighted by atomic mass is 35.5. The molecule has 1 aliphatic rings. The molecule has 1 saturated carbocycles. The maximum absolute atomic E-state index is 6.36. The summed E-state index contributed by atoms with van der Waals surface area (Å²) < 4.78 is 5.40. The van der Waals surface area contributed by atoms with Gasteiger partial charge in [-0.2, -0.15) is 4.98 Å². The van der Waals surface area contributed by atoms with Crippen LogP contribution in [0.2, 0.25) is 0 Å². The Hall–Kier alpha value is -1.04. The molecule has 0 bridgehead atoms. The summed E-state index contributed by atoms with van der Waals surface area (Å²) in [5.41, 5.74) is 6.92. The van der Waals surface area contributed by atoms with Crippen molar-refractivity contribution in [1.29, 1.82) is 0 Å². The molecule has 4 nitrogen and oxygen atoms in total. The third-order valence-electron chi connectivity index (χ3n) is 3.84. The summed E-state index contributed by atoms with van der Waals surface area (Å²) in [7, 11) is 0. The van der Waals surface area contributed by atoms with Crippen molar-refractivity contribution in [2.45, 2.75) is 55.2 Å². The quantitative estimate of drug-likeness (QED) is 0.837. The summed E-state index contributed by atoms with van der Waals surface area (Å²) in [6, 6.07) is 8.25. The van der Waals surface area contributed by atoms with E-state index in [1.165, 1.54) is 4.90 Å². The molecule has 1 heterocycles. The summed E-state index contributed by atoms with van der Waals surface area (Å²) in [5.74, 6) is 1.21. The maximum Gasteiger partial charge on any atom is 0.257 e. The van der Waals surface area contributed by atoms with E-state index < -0.39 is 5.54 Å². The Morgan fingerprint density at radius 1 is 1.18 bits per heavy atom. The predicted molar refractivity (Wildman–Crippen MR) is 92.3 cm³/mol. The SMILES string of the molecule is CC(C)Sc1ccc(-c2nc(C3(N)CCCC3)no2)cc1.Cl. The van der Waals surface area contributed by atoms with Crippen LogP contribution in [0.5, 0.6) is 0 Å². The first kappa shape index (κ1) is 17.3. The lowest BCUT2D eigenvalue weighted by atomic mass is 9.99. The molecule has 2 N–H and O–H groups in total. The monoisotopic (exact) mass is 339 g/mol. The predicted octanol–water partition coefficient (Wildman–Crippen LogP) is 4.39. The average molecular weight is 340 g/mol. The van der Waals surface area contributed by atoms with Crippen LogP contribution in [0, 0.1) is 0 Å². The molecule has 0 atom stereocenters. The van der Waals surface area contributed by atoms with Crippen LogP contribution in [0.3, 0.4) is 0 Å². The van der Waals surface area contributed by atoms with E-state index in [0.717, 1.165) is 31.2 Å². The molecule has 2 aromatic rings. The summed E-state index contributed by atoms with van der Waals surface area (Å²) in [5, 5.41) is 4.68. The Bertz CT molecular complexity index is 606. The van der Waals surface area contributed by atoms with E-state index in [0.29, 0.717) is 17.0 Å². The van der Waals surface area contributed by atoms with Crippen LogP contribution in [-0.4, -0.2) is 15.4 Å². The first-order valence-electron chi connectivity index (χ1n) is 7.47. The van der Waals surface area contributed by atoms with Crippen LogP contribution >= 0.6 is 24.2 Å². The van der Waals surface area contributed by atoms with Crippen molar-refractivity contribution in [2.75, 3.05) is 0 Å². The molecule has 120 valence electrons. The molecule has 3 rings (SSSR count). The van der Waals surface area contributed by atoms with Crippen LogP contribution < -0.4 is 5.73 Å². The Labute approximate surface area is 141 Å². The van der Waals surface area contributed by atoms with E-state index in [-0.39, 0.29) is 12.4 Å². The van der Waals surface area contributed by atoms with Gasteiger partial charge in [0.05, 0.1) is 5.54 Å². The minimum Gasteiger partial charge on any atom is -0.334 e. The first-order valence-corrected chi connectivity index (χ1v) is 8.35. The molecule has 0 amide bonds. The van der Waals surface area contributed by atoms with Crippen LogP contribution in [0.15, 0.2) is 33.7 Å². The second-order valence-electron chi connectivity index (χ2n) is 5.98. The number of halogens is 1. The number of nitrogens with zero attached hydrogens (tertiary/aromatic N) is 2. The first-order chi connectivity index (χ1) is 10.1. The topological polar surface area (TPSA) is 64.9 Å². The molecule has 1 aromatic heterocycles. The van der Waals surface area contributed by atoms with Crippen molar-refractivity contribution < 1.29 is 4.52 Å². The van der Waals surface area contributed by atoms with Gasteiger partial charge in [0.1, 0.15) is 0 Å². The van der Waals surface area contributed by atoms with Crippen LogP contribution in [0.4, 0.5) is 0 Å². The van der Waals surface area contributed by atoms with Crippen molar-refractivity contribution >= 4 is 24.2 Å². The third-order valence-corrected chi connectivity index (χ3v) is 4.86. The van der Waals surface area contributed by atoms with E-state index in [4.69, 9.17) is 10.3 Å². The van der Waals surface area contributed by atoms with E-state index in [1.54, 1.807) is 0 Å². The summed E-state index contributed by atoms with van der Waals surface area (Å²) in [4.78, 5) is 5.76. The number of nitrogens with two attached hydrogens (primary N) is 1. The maximum atomic E-state index is 6.36. The van der Waals surface area contributed by atoms with Crippen molar-refractivity contribution in [1.82, 2.24) is 10.1 Å². The molecule has 0 aliphatic heterocycles. The number of aromatic nitrogens is 2. The van der Waals surface area contributed by atoms with E-state index in [9.17, 15) is 0 Å². The van der Waals surface area contributed by atoms with Crippen molar-refractivity contribution in [2.24, 2.45) is 5.73 Å². The standard InChI is InChI=1S/C16H21N3OS.ClH/c1-11(2)21-13-7-5-12(6-8-13)14-18-15(19-20-14)16(17)9-3-4-10-16;/h5-8,11H,3-4,9-10,17H2,1-2H3;1H. The largest absolute Gasteiger partial charge is 0.334 e. The lowest BCUT2D eigenvalue weighted by molar-refractivity contribution is 0.372. The third kappa shape index (κ3) is 3.65. The minimum atomic E-state index is -0.394. The molecule has 1 aliphatic carbocycles. The van der Waals surface area contributed by atoms with Gasteiger partial charge in [-0.1, -0.05) is 31.8 Å². The Morgan fingerprint density at radius 3 is 2.41 bits per heavy atom. The molecular weight excluding hydrogens is 318 g/mol. The van der Waals surface area contributed by atoms with Gasteiger partial charge in [0.25, 0.3) is 5.89 Å². The molecular formula is C16H22ClN3OS. The average Bonchev–Trinajstić information content (AvgIpc) is 3.09. The fourth-order valence-electron chi connectivity index (χ4n) is 2.72. The fraction of sp³-hybridized carbons (Fsp3) is 0.500. The Morgan fingerprint density at radius 2 is 1.82 bits per heavy atom. The van der Waals surface area contributed by atoms with Gasteiger partial charge in [-0.15, -0.1) is 24.2 Å². The molecule has 0 spiro atoms. The summed E-state index contributed by atoms with van der Waals surface area (Å²) in [6.07, 6.45) is 4.16. The van der Waals surface area contributed by atoms with Crippen molar-refractivity contribution in [3.63, 3.8) is 0 Å².